The number of rotatable bonds is 6. The number of hydrogen-bond acceptors (Lipinski definition) is 6. The van der Waals surface area contributed by atoms with Gasteiger partial charge in [0.15, 0.2) is 11.6 Å². The van der Waals surface area contributed by atoms with E-state index in [1.54, 1.807) is 0 Å². The van der Waals surface area contributed by atoms with Gasteiger partial charge < -0.3 is 11.1 Å². The Kier molecular flexibility index (Phi) is 4.49. The van der Waals surface area contributed by atoms with E-state index in [0.717, 1.165) is 46.3 Å². The molecule has 7 nitrogen and oxygen atoms in total. The van der Waals surface area contributed by atoms with E-state index in [2.05, 4.69) is 32.5 Å². The van der Waals surface area contributed by atoms with E-state index < -0.39 is 0 Å². The maximum Gasteiger partial charge on any atom is 0.214 e. The molecule has 0 spiro atoms. The van der Waals surface area contributed by atoms with Crippen LogP contribution < -0.4 is 11.1 Å². The molecule has 4 N–H and O–H groups in total. The van der Waals surface area contributed by atoms with Crippen LogP contribution in [0.15, 0.2) is 58.7 Å². The van der Waals surface area contributed by atoms with Crippen LogP contribution in [0.5, 0.6) is 0 Å². The molecule has 0 fully saturated rings. The zero-order valence-electron chi connectivity index (χ0n) is 14.3. The second kappa shape index (κ2) is 7.09. The van der Waals surface area contributed by atoms with Gasteiger partial charge in [-0.1, -0.05) is 13.3 Å². The van der Waals surface area contributed by atoms with E-state index >= 15 is 0 Å². The van der Waals surface area contributed by atoms with Crippen LogP contribution in [0.3, 0.4) is 0 Å². The number of aromatic amines is 1. The standard InChI is InChI=1S/C18H19N7S/c1-2-4-13-11-16(23-22-13)20-17-15-5-3-10-25(15)24-18(21-17)26-14-8-6-12(19)7-9-14/h3,5-11H,2,4,19H2,1H3,(H2,20,21,22,23,24). The number of nitrogens with one attached hydrogen (secondary N) is 2. The number of fused-ring (bicyclic) bond motifs is 1. The quantitative estimate of drug-likeness (QED) is 0.449. The first-order valence-corrected chi connectivity index (χ1v) is 9.23. The van der Waals surface area contributed by atoms with E-state index in [-0.39, 0.29) is 0 Å². The van der Waals surface area contributed by atoms with Gasteiger partial charge in [0.05, 0.1) is 0 Å². The zero-order valence-corrected chi connectivity index (χ0v) is 15.1. The Hall–Kier alpha value is -3.00. The van der Waals surface area contributed by atoms with Crippen molar-refractivity contribution in [1.82, 2.24) is 24.8 Å². The van der Waals surface area contributed by atoms with Gasteiger partial charge in [0.25, 0.3) is 0 Å². The Bertz CT molecular complexity index is 1020. The Morgan fingerprint density at radius 2 is 2.08 bits per heavy atom. The van der Waals surface area contributed by atoms with Crippen LogP contribution in [0, 0.1) is 0 Å². The lowest BCUT2D eigenvalue weighted by Gasteiger charge is -2.08. The van der Waals surface area contributed by atoms with Crippen molar-refractivity contribution in [2.45, 2.75) is 29.8 Å². The van der Waals surface area contributed by atoms with Crippen LogP contribution in [0.2, 0.25) is 0 Å². The minimum atomic E-state index is 0.644. The van der Waals surface area contributed by atoms with Crippen molar-refractivity contribution in [3.63, 3.8) is 0 Å². The van der Waals surface area contributed by atoms with Gasteiger partial charge in [0.2, 0.25) is 5.16 Å². The Labute approximate surface area is 155 Å². The first-order chi connectivity index (χ1) is 12.7. The molecule has 0 aliphatic heterocycles. The van der Waals surface area contributed by atoms with Crippen LogP contribution in [-0.4, -0.2) is 24.8 Å². The average Bonchev–Trinajstić information content (AvgIpc) is 3.27. The van der Waals surface area contributed by atoms with Crippen LogP contribution in [-0.2, 0) is 6.42 Å². The Morgan fingerprint density at radius 3 is 2.88 bits per heavy atom. The largest absolute Gasteiger partial charge is 0.399 e. The molecule has 4 aromatic rings. The smallest absolute Gasteiger partial charge is 0.214 e. The molecule has 0 atom stereocenters. The molecular weight excluding hydrogens is 346 g/mol. The number of benzene rings is 1. The summed E-state index contributed by atoms with van der Waals surface area (Å²) < 4.78 is 1.81. The SMILES string of the molecule is CCCc1cc(Nc2nc(Sc3ccc(N)cc3)nn3cccc23)n[nH]1. The van der Waals surface area contributed by atoms with Gasteiger partial charge in [-0.15, -0.1) is 5.10 Å². The number of nitrogens with two attached hydrogens (primary N) is 1. The van der Waals surface area contributed by atoms with Crippen molar-refractivity contribution in [2.75, 3.05) is 11.1 Å². The summed E-state index contributed by atoms with van der Waals surface area (Å²) in [6.45, 7) is 2.14. The second-order valence-electron chi connectivity index (χ2n) is 5.91. The normalized spacial score (nSPS) is 11.1. The number of aryl methyl sites for hydroxylation is 1. The highest BCUT2D eigenvalue weighted by Crippen LogP contribution is 2.28. The van der Waals surface area contributed by atoms with Crippen LogP contribution in [0.1, 0.15) is 19.0 Å². The van der Waals surface area contributed by atoms with Crippen molar-refractivity contribution >= 4 is 34.6 Å². The maximum absolute atomic E-state index is 5.75. The molecule has 8 heteroatoms. The highest BCUT2D eigenvalue weighted by molar-refractivity contribution is 7.99. The maximum atomic E-state index is 5.75. The molecule has 3 aromatic heterocycles. The van der Waals surface area contributed by atoms with Gasteiger partial charge in [-0.3, -0.25) is 5.10 Å². The number of H-pyrrole nitrogens is 1. The fourth-order valence-corrected chi connectivity index (χ4v) is 3.38. The monoisotopic (exact) mass is 365 g/mol. The fourth-order valence-electron chi connectivity index (χ4n) is 2.64. The number of aromatic nitrogens is 5. The number of anilines is 3. The highest BCUT2D eigenvalue weighted by atomic mass is 32.2. The predicted octanol–water partition coefficient (Wildman–Crippen LogP) is 3.88. The molecule has 0 amide bonds. The summed E-state index contributed by atoms with van der Waals surface area (Å²) in [4.78, 5) is 5.71. The van der Waals surface area contributed by atoms with Gasteiger partial charge in [-0.05, 0) is 54.6 Å². The van der Waals surface area contributed by atoms with Crippen LogP contribution >= 0.6 is 11.8 Å². The van der Waals surface area contributed by atoms with Crippen molar-refractivity contribution in [3.8, 4) is 0 Å². The van der Waals surface area contributed by atoms with Crippen molar-refractivity contribution in [3.05, 3.63) is 54.4 Å². The van der Waals surface area contributed by atoms with Gasteiger partial charge >= 0.3 is 0 Å². The molecule has 0 radical (unpaired) electrons. The lowest BCUT2D eigenvalue weighted by atomic mass is 10.2. The average molecular weight is 365 g/mol. The number of nitrogens with zero attached hydrogens (tertiary/aromatic N) is 4. The molecule has 0 unspecified atom stereocenters. The summed E-state index contributed by atoms with van der Waals surface area (Å²) in [7, 11) is 0. The van der Waals surface area contributed by atoms with E-state index in [1.165, 1.54) is 11.8 Å². The summed E-state index contributed by atoms with van der Waals surface area (Å²) in [5.41, 5.74) is 8.48. The molecule has 1 aromatic carbocycles. The minimum Gasteiger partial charge on any atom is -0.399 e. The summed E-state index contributed by atoms with van der Waals surface area (Å²) >= 11 is 1.49. The number of hydrogen-bond donors (Lipinski definition) is 3. The highest BCUT2D eigenvalue weighted by Gasteiger charge is 2.11. The molecule has 0 bridgehead atoms. The first kappa shape index (κ1) is 16.5. The Morgan fingerprint density at radius 1 is 1.23 bits per heavy atom. The topological polar surface area (TPSA) is 96.9 Å². The third-order valence-corrected chi connectivity index (χ3v) is 4.72. The lowest BCUT2D eigenvalue weighted by Crippen LogP contribution is -2.02. The summed E-state index contributed by atoms with van der Waals surface area (Å²) in [6, 6.07) is 13.6. The summed E-state index contributed by atoms with van der Waals surface area (Å²) in [6.07, 6.45) is 3.94. The predicted molar refractivity (Wildman–Crippen MR) is 104 cm³/mol. The molecule has 3 heterocycles. The fraction of sp³-hybridized carbons (Fsp3) is 0.167. The van der Waals surface area contributed by atoms with E-state index in [0.29, 0.717) is 5.16 Å². The molecule has 26 heavy (non-hydrogen) atoms. The Balaban J connectivity index is 1.64. The molecular formula is C18H19N7S. The van der Waals surface area contributed by atoms with Gasteiger partial charge in [0, 0.05) is 28.5 Å². The van der Waals surface area contributed by atoms with Crippen LogP contribution in [0.4, 0.5) is 17.3 Å². The van der Waals surface area contributed by atoms with Crippen LogP contribution in [0.25, 0.3) is 5.52 Å². The zero-order chi connectivity index (χ0) is 17.9. The lowest BCUT2D eigenvalue weighted by molar-refractivity contribution is 0.801. The third kappa shape index (κ3) is 3.50. The summed E-state index contributed by atoms with van der Waals surface area (Å²) in [5.74, 6) is 1.47. The van der Waals surface area contributed by atoms with Gasteiger partial charge in [-0.2, -0.15) is 5.10 Å². The van der Waals surface area contributed by atoms with Gasteiger partial charge in [0.1, 0.15) is 5.52 Å². The van der Waals surface area contributed by atoms with E-state index in [1.807, 2.05) is 53.2 Å². The van der Waals surface area contributed by atoms with E-state index in [4.69, 9.17) is 5.73 Å². The molecule has 0 saturated heterocycles. The molecule has 4 rings (SSSR count). The number of nitrogen functional groups attached to an aromatic ring is 1. The first-order valence-electron chi connectivity index (χ1n) is 8.41. The van der Waals surface area contributed by atoms with Crippen molar-refractivity contribution in [1.29, 1.82) is 0 Å². The van der Waals surface area contributed by atoms with Gasteiger partial charge in [-0.25, -0.2) is 9.50 Å². The van der Waals surface area contributed by atoms with Crippen molar-refractivity contribution < 1.29 is 0 Å². The van der Waals surface area contributed by atoms with Crippen molar-refractivity contribution in [2.24, 2.45) is 0 Å². The molecule has 0 aliphatic carbocycles. The molecule has 0 saturated carbocycles. The molecule has 132 valence electrons. The second-order valence-corrected chi connectivity index (χ2v) is 6.95. The minimum absolute atomic E-state index is 0.644. The van der Waals surface area contributed by atoms with E-state index in [9.17, 15) is 0 Å². The third-order valence-electron chi connectivity index (χ3n) is 3.86. The molecule has 0 aliphatic rings. The summed E-state index contributed by atoms with van der Waals surface area (Å²) in [5, 5.41) is 15.9.